The van der Waals surface area contributed by atoms with E-state index in [2.05, 4.69) is 0 Å². The summed E-state index contributed by atoms with van der Waals surface area (Å²) in [5.74, 6) is -0.766. The summed E-state index contributed by atoms with van der Waals surface area (Å²) in [6.45, 7) is 6.72. The highest BCUT2D eigenvalue weighted by Crippen LogP contribution is 2.21. The predicted molar refractivity (Wildman–Crippen MR) is 66.3 cm³/mol. The third kappa shape index (κ3) is 5.57. The molecule has 0 aromatic rings. The Hall–Kier alpha value is -1.14. The number of rotatable bonds is 6. The summed E-state index contributed by atoms with van der Waals surface area (Å²) < 4.78 is 20.3. The lowest BCUT2D eigenvalue weighted by Crippen LogP contribution is -2.33. The van der Waals surface area contributed by atoms with Crippen LogP contribution in [0.5, 0.6) is 0 Å². The van der Waals surface area contributed by atoms with Gasteiger partial charge in [0.2, 0.25) is 6.29 Å². The molecule has 1 atom stereocenters. The molecule has 1 aliphatic heterocycles. The zero-order chi connectivity index (χ0) is 14.3. The van der Waals surface area contributed by atoms with E-state index in [1.807, 2.05) is 6.92 Å². The summed E-state index contributed by atoms with van der Waals surface area (Å²) in [4.78, 5) is 23.1. The molecule has 1 heterocycles. The molecule has 0 bridgehead atoms. The molecule has 0 aliphatic carbocycles. The molecule has 0 amide bonds. The maximum atomic E-state index is 11.6. The second-order valence-electron chi connectivity index (χ2n) is 4.99. The van der Waals surface area contributed by atoms with Crippen molar-refractivity contribution in [1.29, 1.82) is 0 Å². The summed E-state index contributed by atoms with van der Waals surface area (Å²) in [7, 11) is 0. The van der Waals surface area contributed by atoms with E-state index in [1.165, 1.54) is 0 Å². The number of hydrogen-bond acceptors (Lipinski definition) is 6. The van der Waals surface area contributed by atoms with Gasteiger partial charge in [-0.2, -0.15) is 0 Å². The smallest absolute Gasteiger partial charge is 0.311 e. The van der Waals surface area contributed by atoms with Gasteiger partial charge in [0.25, 0.3) is 0 Å². The van der Waals surface area contributed by atoms with E-state index in [0.29, 0.717) is 19.6 Å². The highest BCUT2D eigenvalue weighted by atomic mass is 16.7. The Balaban J connectivity index is 2.18. The van der Waals surface area contributed by atoms with E-state index in [0.717, 1.165) is 0 Å². The van der Waals surface area contributed by atoms with Crippen molar-refractivity contribution < 1.29 is 28.5 Å². The number of carbonyl (C=O) groups excluding carboxylic acids is 2. The van der Waals surface area contributed by atoms with Gasteiger partial charge in [0, 0.05) is 0 Å². The van der Waals surface area contributed by atoms with Gasteiger partial charge in [-0.25, -0.2) is 0 Å². The lowest BCUT2D eigenvalue weighted by atomic mass is 9.91. The Morgan fingerprint density at radius 3 is 2.63 bits per heavy atom. The van der Waals surface area contributed by atoms with Crippen molar-refractivity contribution in [2.75, 3.05) is 26.4 Å². The average Bonchev–Trinajstić information content (AvgIpc) is 2.39. The molecule has 1 saturated heterocycles. The molecule has 1 unspecified atom stereocenters. The minimum absolute atomic E-state index is 0.0192. The molecule has 0 N–H and O–H groups in total. The fourth-order valence-electron chi connectivity index (χ4n) is 1.31. The minimum atomic E-state index is -0.649. The van der Waals surface area contributed by atoms with Crippen molar-refractivity contribution in [2.45, 2.75) is 39.9 Å². The molecule has 0 saturated carbocycles. The third-order valence-electron chi connectivity index (χ3n) is 3.02. The molecular formula is C13H22O6. The monoisotopic (exact) mass is 274 g/mol. The first-order valence-corrected chi connectivity index (χ1v) is 6.52. The van der Waals surface area contributed by atoms with E-state index < -0.39 is 17.7 Å². The molecule has 19 heavy (non-hydrogen) atoms. The Kier molecular flexibility index (Phi) is 6.24. The second-order valence-corrected chi connectivity index (χ2v) is 4.99. The van der Waals surface area contributed by atoms with Gasteiger partial charge in [-0.15, -0.1) is 0 Å². The van der Waals surface area contributed by atoms with Crippen LogP contribution in [0.4, 0.5) is 0 Å². The number of hydrogen-bond donors (Lipinski definition) is 0. The quantitative estimate of drug-likeness (QED) is 0.679. The van der Waals surface area contributed by atoms with E-state index >= 15 is 0 Å². The molecule has 6 nitrogen and oxygen atoms in total. The largest absolute Gasteiger partial charge is 0.465 e. The topological polar surface area (TPSA) is 71.1 Å². The molecule has 0 radical (unpaired) electrons. The van der Waals surface area contributed by atoms with Crippen LogP contribution in [0.2, 0.25) is 0 Å². The lowest BCUT2D eigenvalue weighted by Gasteiger charge is -2.23. The average molecular weight is 274 g/mol. The van der Waals surface area contributed by atoms with Crippen molar-refractivity contribution in [1.82, 2.24) is 0 Å². The van der Waals surface area contributed by atoms with E-state index in [4.69, 9.17) is 18.9 Å². The van der Waals surface area contributed by atoms with Gasteiger partial charge in [-0.05, 0) is 20.3 Å². The lowest BCUT2D eigenvalue weighted by molar-refractivity contribution is -0.214. The number of ether oxygens (including phenoxy) is 4. The second kappa shape index (κ2) is 7.45. The van der Waals surface area contributed by atoms with Crippen molar-refractivity contribution in [3.05, 3.63) is 0 Å². The van der Waals surface area contributed by atoms with Crippen LogP contribution < -0.4 is 0 Å². The van der Waals surface area contributed by atoms with Crippen LogP contribution in [-0.4, -0.2) is 44.7 Å². The number of esters is 2. The normalized spacial score (nSPS) is 19.8. The maximum Gasteiger partial charge on any atom is 0.311 e. The van der Waals surface area contributed by atoms with Gasteiger partial charge in [-0.3, -0.25) is 9.59 Å². The van der Waals surface area contributed by atoms with E-state index in [1.54, 1.807) is 13.8 Å². The molecule has 1 fully saturated rings. The molecule has 1 rings (SSSR count). The maximum absolute atomic E-state index is 11.6. The van der Waals surface area contributed by atoms with Crippen molar-refractivity contribution in [3.63, 3.8) is 0 Å². The van der Waals surface area contributed by atoms with Gasteiger partial charge >= 0.3 is 11.9 Å². The van der Waals surface area contributed by atoms with Gasteiger partial charge in [-0.1, -0.05) is 6.92 Å². The molecule has 0 aromatic carbocycles. The summed E-state index contributed by atoms with van der Waals surface area (Å²) in [6, 6.07) is 0. The number of carbonyl (C=O) groups is 2. The molecule has 6 heteroatoms. The highest BCUT2D eigenvalue weighted by Gasteiger charge is 2.27. The van der Waals surface area contributed by atoms with Crippen LogP contribution in [0.25, 0.3) is 0 Å². The summed E-state index contributed by atoms with van der Waals surface area (Å²) in [5.41, 5.74) is -0.524. The Labute approximate surface area is 113 Å². The fourth-order valence-corrected chi connectivity index (χ4v) is 1.31. The van der Waals surface area contributed by atoms with E-state index in [9.17, 15) is 9.59 Å². The van der Waals surface area contributed by atoms with Crippen LogP contribution in [0, 0.1) is 5.41 Å². The first kappa shape index (κ1) is 15.9. The van der Waals surface area contributed by atoms with Gasteiger partial charge < -0.3 is 18.9 Å². The van der Waals surface area contributed by atoms with Crippen LogP contribution in [0.1, 0.15) is 33.6 Å². The molecule has 0 aromatic heterocycles. The van der Waals surface area contributed by atoms with Crippen molar-refractivity contribution in [2.24, 2.45) is 5.41 Å². The molecule has 0 spiro atoms. The highest BCUT2D eigenvalue weighted by molar-refractivity contribution is 5.76. The summed E-state index contributed by atoms with van der Waals surface area (Å²) in [6.07, 6.45) is 0.0543. The SMILES string of the molecule is CCC(C)(C)C(=O)OCCC(=O)OC1COCCO1. The molecule has 110 valence electrons. The summed E-state index contributed by atoms with van der Waals surface area (Å²) in [5, 5.41) is 0. The first-order chi connectivity index (χ1) is 8.95. The molecule has 1 aliphatic rings. The van der Waals surface area contributed by atoms with Crippen LogP contribution in [0.3, 0.4) is 0 Å². The van der Waals surface area contributed by atoms with Crippen LogP contribution >= 0.6 is 0 Å². The molecular weight excluding hydrogens is 252 g/mol. The van der Waals surface area contributed by atoms with E-state index in [-0.39, 0.29) is 25.6 Å². The zero-order valence-electron chi connectivity index (χ0n) is 11.8. The van der Waals surface area contributed by atoms with Crippen molar-refractivity contribution in [3.8, 4) is 0 Å². The Morgan fingerprint density at radius 1 is 1.32 bits per heavy atom. The summed E-state index contributed by atoms with van der Waals surface area (Å²) >= 11 is 0. The van der Waals surface area contributed by atoms with Gasteiger partial charge in [0.15, 0.2) is 0 Å². The zero-order valence-corrected chi connectivity index (χ0v) is 11.8. The fraction of sp³-hybridized carbons (Fsp3) is 0.846. The first-order valence-electron chi connectivity index (χ1n) is 6.52. The predicted octanol–water partition coefficient (Wildman–Crippen LogP) is 1.27. The van der Waals surface area contributed by atoms with Crippen molar-refractivity contribution >= 4 is 11.9 Å². The minimum Gasteiger partial charge on any atom is -0.465 e. The standard InChI is InChI=1S/C13H22O6/c1-4-13(2,3)12(15)18-6-5-10(14)19-11-9-16-7-8-17-11/h11H,4-9H2,1-3H3. The Bertz CT molecular complexity index is 306. The van der Waals surface area contributed by atoms with Gasteiger partial charge in [0.05, 0.1) is 25.0 Å². The van der Waals surface area contributed by atoms with Crippen LogP contribution in [-0.2, 0) is 28.5 Å². The third-order valence-corrected chi connectivity index (χ3v) is 3.02. The van der Waals surface area contributed by atoms with Crippen LogP contribution in [0.15, 0.2) is 0 Å². The Morgan fingerprint density at radius 2 is 2.05 bits per heavy atom. The van der Waals surface area contributed by atoms with Gasteiger partial charge in [0.1, 0.15) is 13.2 Å².